The lowest BCUT2D eigenvalue weighted by molar-refractivity contribution is 0.202. The molecule has 0 radical (unpaired) electrons. The van der Waals surface area contributed by atoms with Gasteiger partial charge in [-0.3, -0.25) is 4.98 Å². The number of nitrogens with one attached hydrogen (secondary N) is 2. The second-order valence-electron chi connectivity index (χ2n) is 9.10. The fraction of sp³-hybridized carbons (Fsp3) is 0.500. The molecular formula is C26H36N6O. The molecule has 2 aromatic rings. The van der Waals surface area contributed by atoms with Gasteiger partial charge in [0.1, 0.15) is 5.82 Å². The molecule has 1 saturated heterocycles. The number of piperidine rings is 1. The van der Waals surface area contributed by atoms with Crippen LogP contribution in [0.2, 0.25) is 0 Å². The molecule has 0 saturated carbocycles. The molecule has 33 heavy (non-hydrogen) atoms. The van der Waals surface area contributed by atoms with Crippen LogP contribution in [-0.2, 0) is 0 Å². The molecule has 3 N–H and O–H groups in total. The second kappa shape index (κ2) is 11.4. The third kappa shape index (κ3) is 6.62. The maximum Gasteiger partial charge on any atom is 0.224 e. The van der Waals surface area contributed by atoms with Gasteiger partial charge in [0.05, 0.1) is 17.4 Å². The van der Waals surface area contributed by atoms with Gasteiger partial charge in [-0.2, -0.15) is 4.98 Å². The summed E-state index contributed by atoms with van der Waals surface area (Å²) >= 11 is 0. The Morgan fingerprint density at radius 1 is 1.12 bits per heavy atom. The van der Waals surface area contributed by atoms with Crippen molar-refractivity contribution in [3.05, 3.63) is 47.8 Å². The van der Waals surface area contributed by atoms with E-state index < -0.39 is 0 Å². The van der Waals surface area contributed by atoms with Gasteiger partial charge in [-0.05, 0) is 50.8 Å². The van der Waals surface area contributed by atoms with Gasteiger partial charge in [0.15, 0.2) is 0 Å². The minimum atomic E-state index is -0.355. The quantitative estimate of drug-likeness (QED) is 0.409. The van der Waals surface area contributed by atoms with Gasteiger partial charge in [0, 0.05) is 38.1 Å². The minimum Gasteiger partial charge on any atom is -0.389 e. The first-order valence-corrected chi connectivity index (χ1v) is 12.2. The van der Waals surface area contributed by atoms with Crippen molar-refractivity contribution in [2.45, 2.75) is 57.6 Å². The van der Waals surface area contributed by atoms with E-state index in [1.807, 2.05) is 24.5 Å². The van der Waals surface area contributed by atoms with Gasteiger partial charge < -0.3 is 20.6 Å². The predicted octanol–water partition coefficient (Wildman–Crippen LogP) is 4.35. The van der Waals surface area contributed by atoms with Crippen molar-refractivity contribution >= 4 is 17.8 Å². The minimum absolute atomic E-state index is 0.124. The van der Waals surface area contributed by atoms with Crippen molar-refractivity contribution < 1.29 is 5.11 Å². The van der Waals surface area contributed by atoms with Crippen molar-refractivity contribution in [3.8, 4) is 11.3 Å². The number of nitrogens with zero attached hydrogens (tertiary/aromatic N) is 4. The van der Waals surface area contributed by atoms with Crippen LogP contribution in [0.25, 0.3) is 17.3 Å². The van der Waals surface area contributed by atoms with E-state index in [4.69, 9.17) is 9.97 Å². The molecule has 1 aliphatic carbocycles. The van der Waals surface area contributed by atoms with E-state index in [9.17, 15) is 5.11 Å². The zero-order valence-corrected chi connectivity index (χ0v) is 19.8. The number of pyridine rings is 1. The number of aromatic nitrogens is 3. The van der Waals surface area contributed by atoms with Gasteiger partial charge in [0.25, 0.3) is 0 Å². The Morgan fingerprint density at radius 3 is 2.67 bits per heavy atom. The van der Waals surface area contributed by atoms with Crippen LogP contribution in [0.5, 0.6) is 0 Å². The van der Waals surface area contributed by atoms with E-state index in [0.29, 0.717) is 5.95 Å². The summed E-state index contributed by atoms with van der Waals surface area (Å²) in [7, 11) is 2.18. The van der Waals surface area contributed by atoms with Crippen molar-refractivity contribution in [2.24, 2.45) is 0 Å². The average Bonchev–Trinajstić information content (AvgIpc) is 2.83. The fourth-order valence-corrected chi connectivity index (χ4v) is 4.18. The normalized spacial score (nSPS) is 21.1. The number of rotatable bonds is 8. The monoisotopic (exact) mass is 448 g/mol. The highest BCUT2D eigenvalue weighted by atomic mass is 16.3. The van der Waals surface area contributed by atoms with Crippen molar-refractivity contribution in [1.29, 1.82) is 0 Å². The average molecular weight is 449 g/mol. The Kier molecular flexibility index (Phi) is 8.07. The van der Waals surface area contributed by atoms with Crippen molar-refractivity contribution in [3.63, 3.8) is 0 Å². The van der Waals surface area contributed by atoms with Crippen LogP contribution < -0.4 is 10.6 Å². The summed E-state index contributed by atoms with van der Waals surface area (Å²) in [6, 6.07) is 4.30. The maximum absolute atomic E-state index is 9.78. The van der Waals surface area contributed by atoms with Gasteiger partial charge in [-0.1, -0.05) is 43.2 Å². The van der Waals surface area contributed by atoms with E-state index in [1.54, 1.807) is 0 Å². The predicted molar refractivity (Wildman–Crippen MR) is 135 cm³/mol. The van der Waals surface area contributed by atoms with Crippen LogP contribution in [0, 0.1) is 0 Å². The largest absolute Gasteiger partial charge is 0.389 e. The van der Waals surface area contributed by atoms with Crippen molar-refractivity contribution in [2.75, 3.05) is 37.3 Å². The molecule has 0 bridgehead atoms. The second-order valence-corrected chi connectivity index (χ2v) is 9.10. The Labute approximate surface area is 197 Å². The number of aliphatic hydroxyl groups is 1. The summed E-state index contributed by atoms with van der Waals surface area (Å²) < 4.78 is 0. The lowest BCUT2D eigenvalue weighted by atomic mass is 10.0. The molecule has 1 fully saturated rings. The molecule has 1 aliphatic heterocycles. The topological polar surface area (TPSA) is 86.2 Å². The molecule has 2 atom stereocenters. The molecule has 0 aromatic carbocycles. The zero-order chi connectivity index (χ0) is 23.0. The molecule has 2 aromatic heterocycles. The van der Waals surface area contributed by atoms with E-state index in [-0.39, 0.29) is 12.1 Å². The third-order valence-corrected chi connectivity index (χ3v) is 6.33. The molecule has 4 rings (SSSR count). The maximum atomic E-state index is 9.78. The molecule has 176 valence electrons. The number of aliphatic hydroxyl groups excluding tert-OH is 1. The lowest BCUT2D eigenvalue weighted by Crippen LogP contribution is -2.26. The van der Waals surface area contributed by atoms with Gasteiger partial charge in [-0.15, -0.1) is 0 Å². The summed E-state index contributed by atoms with van der Waals surface area (Å²) in [4.78, 5) is 16.4. The number of hydrogen-bond acceptors (Lipinski definition) is 7. The molecular weight excluding hydrogens is 412 g/mol. The van der Waals surface area contributed by atoms with E-state index in [1.165, 1.54) is 5.57 Å². The van der Waals surface area contributed by atoms with Crippen LogP contribution in [-0.4, -0.2) is 63.8 Å². The third-order valence-electron chi connectivity index (χ3n) is 6.33. The Balaban J connectivity index is 1.54. The highest BCUT2D eigenvalue weighted by Gasteiger charge is 2.18. The summed E-state index contributed by atoms with van der Waals surface area (Å²) in [5.41, 5.74) is 4.36. The Hall–Kier alpha value is -2.77. The summed E-state index contributed by atoms with van der Waals surface area (Å²) in [5, 5.41) is 16.6. The summed E-state index contributed by atoms with van der Waals surface area (Å²) in [6.45, 7) is 5.26. The van der Waals surface area contributed by atoms with E-state index >= 15 is 0 Å². The van der Waals surface area contributed by atoms with Gasteiger partial charge >= 0.3 is 0 Å². The van der Waals surface area contributed by atoms with Crippen LogP contribution in [0.3, 0.4) is 0 Å². The van der Waals surface area contributed by atoms with Crippen LogP contribution in [0.1, 0.15) is 51.0 Å². The number of hydrogen-bond donors (Lipinski definition) is 3. The molecule has 0 spiro atoms. The van der Waals surface area contributed by atoms with Crippen LogP contribution in [0.15, 0.2) is 42.3 Å². The SMILES string of the molecule is CCCCNc1ncc(-c2ccc(C=C3CCN(C)CC3)cn2)c(N[C@H]2C=C[C@H](O)CC2)n1. The van der Waals surface area contributed by atoms with E-state index in [2.05, 4.69) is 52.7 Å². The van der Waals surface area contributed by atoms with Crippen LogP contribution >= 0.6 is 0 Å². The number of likely N-dealkylation sites (tertiary alicyclic amines) is 1. The molecule has 0 unspecified atom stereocenters. The summed E-state index contributed by atoms with van der Waals surface area (Å²) in [5.74, 6) is 1.39. The van der Waals surface area contributed by atoms with Crippen molar-refractivity contribution in [1.82, 2.24) is 19.9 Å². The Morgan fingerprint density at radius 2 is 1.97 bits per heavy atom. The highest BCUT2D eigenvalue weighted by Crippen LogP contribution is 2.28. The lowest BCUT2D eigenvalue weighted by Gasteiger charge is -2.24. The highest BCUT2D eigenvalue weighted by molar-refractivity contribution is 5.73. The fourth-order valence-electron chi connectivity index (χ4n) is 4.18. The molecule has 2 aliphatic rings. The standard InChI is InChI=1S/C26H36N6O/c1-3-4-13-27-26-29-18-23(25(31-26)30-21-6-8-22(33)9-7-21)24-10-5-20(17-28-24)16-19-11-14-32(2)15-12-19/h5-6,8,10,16-18,21-22,33H,3-4,7,9,11-15H2,1-2H3,(H2,27,29,30,31)/t21-,22-/m0/s1. The smallest absolute Gasteiger partial charge is 0.224 e. The molecule has 7 heteroatoms. The molecule has 0 amide bonds. The Bertz CT molecular complexity index is 961. The number of anilines is 2. The first-order chi connectivity index (χ1) is 16.1. The first-order valence-electron chi connectivity index (χ1n) is 12.2. The van der Waals surface area contributed by atoms with Crippen LogP contribution in [0.4, 0.5) is 11.8 Å². The van der Waals surface area contributed by atoms with Gasteiger partial charge in [0.2, 0.25) is 5.95 Å². The molecule has 3 heterocycles. The van der Waals surface area contributed by atoms with Gasteiger partial charge in [-0.25, -0.2) is 4.98 Å². The first kappa shape index (κ1) is 23.4. The molecule has 7 nitrogen and oxygen atoms in total. The summed E-state index contributed by atoms with van der Waals surface area (Å²) in [6.07, 6.45) is 15.6. The zero-order valence-electron chi connectivity index (χ0n) is 19.8. The van der Waals surface area contributed by atoms with E-state index in [0.717, 1.165) is 80.8 Å². The number of unbranched alkanes of at least 4 members (excludes halogenated alkanes) is 1.